The number of hydrogen-bond donors (Lipinski definition) is 1. The van der Waals surface area contributed by atoms with Crippen LogP contribution in [0.4, 0.5) is 5.69 Å². The van der Waals surface area contributed by atoms with Gasteiger partial charge in [0.2, 0.25) is 5.69 Å². The number of benzene rings is 2. The van der Waals surface area contributed by atoms with Crippen molar-refractivity contribution in [1.29, 1.82) is 0 Å². The van der Waals surface area contributed by atoms with Crippen LogP contribution >= 0.6 is 27.5 Å². The van der Waals surface area contributed by atoms with Crippen LogP contribution < -0.4 is 5.43 Å². The molecule has 1 aromatic heterocycles. The molecule has 0 fully saturated rings. The number of rotatable bonds is 6. The summed E-state index contributed by atoms with van der Waals surface area (Å²) in [5.41, 5.74) is 2.98. The molecule has 1 N–H and O–H groups in total. The Kier molecular flexibility index (Phi) is 6.17. The fourth-order valence-corrected chi connectivity index (χ4v) is 3.03. The molecule has 142 valence electrons. The van der Waals surface area contributed by atoms with Crippen molar-refractivity contribution >= 4 is 45.3 Å². The Morgan fingerprint density at radius 1 is 1.32 bits per heavy atom. The molecule has 0 aliphatic heterocycles. The molecule has 0 radical (unpaired) electrons. The summed E-state index contributed by atoms with van der Waals surface area (Å²) >= 11 is 9.37. The highest BCUT2D eigenvalue weighted by Gasteiger charge is 2.25. The van der Waals surface area contributed by atoms with E-state index in [1.165, 1.54) is 17.1 Å². The Hall–Kier alpha value is -3.04. The second-order valence-corrected chi connectivity index (χ2v) is 6.99. The molecule has 1 amide bonds. The highest BCUT2D eigenvalue weighted by molar-refractivity contribution is 9.10. The van der Waals surface area contributed by atoms with Crippen molar-refractivity contribution in [3.8, 4) is 0 Å². The number of nitro groups is 1. The third kappa shape index (κ3) is 4.81. The highest BCUT2D eigenvalue weighted by atomic mass is 79.9. The molecule has 0 bridgehead atoms. The van der Waals surface area contributed by atoms with Crippen LogP contribution in [0.25, 0.3) is 0 Å². The molecule has 0 unspecified atom stereocenters. The first-order valence-electron chi connectivity index (χ1n) is 7.98. The molecule has 3 aromatic rings. The van der Waals surface area contributed by atoms with Gasteiger partial charge in [-0.2, -0.15) is 10.2 Å². The zero-order valence-electron chi connectivity index (χ0n) is 14.3. The summed E-state index contributed by atoms with van der Waals surface area (Å²) in [4.78, 5) is 23.0. The SMILES string of the molecule is O=C(N/N=C\c1ccccc1Cl)c1nn(Cc2cccc(Br)c2)cc1[N+](=O)[O-]. The van der Waals surface area contributed by atoms with Crippen molar-refractivity contribution in [2.45, 2.75) is 6.54 Å². The largest absolute Gasteiger partial charge is 0.320 e. The van der Waals surface area contributed by atoms with Gasteiger partial charge in [-0.05, 0) is 23.8 Å². The Labute approximate surface area is 173 Å². The number of halogens is 2. The van der Waals surface area contributed by atoms with Crippen LogP contribution in [0.2, 0.25) is 5.02 Å². The van der Waals surface area contributed by atoms with E-state index in [0.717, 1.165) is 10.0 Å². The second-order valence-electron chi connectivity index (χ2n) is 5.67. The van der Waals surface area contributed by atoms with E-state index in [1.807, 2.05) is 24.3 Å². The molecule has 3 rings (SSSR count). The van der Waals surface area contributed by atoms with Gasteiger partial charge in [0.25, 0.3) is 5.91 Å². The quantitative estimate of drug-likeness (QED) is 0.339. The summed E-state index contributed by atoms with van der Waals surface area (Å²) in [7, 11) is 0. The number of carbonyl (C=O) groups excluding carboxylic acids is 1. The van der Waals surface area contributed by atoms with Gasteiger partial charge in [-0.3, -0.25) is 19.6 Å². The molecule has 28 heavy (non-hydrogen) atoms. The van der Waals surface area contributed by atoms with E-state index in [1.54, 1.807) is 24.3 Å². The number of amides is 1. The van der Waals surface area contributed by atoms with Crippen LogP contribution in [0, 0.1) is 10.1 Å². The van der Waals surface area contributed by atoms with Gasteiger partial charge in [0.15, 0.2) is 0 Å². The maximum atomic E-state index is 12.3. The Bertz CT molecular complexity index is 1070. The minimum absolute atomic E-state index is 0.274. The fourth-order valence-electron chi connectivity index (χ4n) is 2.40. The Morgan fingerprint density at radius 2 is 2.11 bits per heavy atom. The topological polar surface area (TPSA) is 102 Å². The van der Waals surface area contributed by atoms with Crippen LogP contribution in [0.3, 0.4) is 0 Å². The molecule has 1 heterocycles. The van der Waals surface area contributed by atoms with E-state index in [-0.39, 0.29) is 12.2 Å². The van der Waals surface area contributed by atoms with E-state index < -0.39 is 16.5 Å². The summed E-state index contributed by atoms with van der Waals surface area (Å²) in [5.74, 6) is -0.789. The zero-order valence-corrected chi connectivity index (χ0v) is 16.6. The lowest BCUT2D eigenvalue weighted by Gasteiger charge is -2.01. The standard InChI is InChI=1S/C18H13BrClN5O3/c19-14-6-3-4-12(8-14)10-24-11-16(25(27)28)17(23-24)18(26)22-21-9-13-5-1-2-7-15(13)20/h1-9,11H,10H2,(H,22,26)/b21-9-. The molecule has 0 saturated carbocycles. The first-order chi connectivity index (χ1) is 13.4. The third-order valence-electron chi connectivity index (χ3n) is 3.66. The van der Waals surface area contributed by atoms with Crippen molar-refractivity contribution in [1.82, 2.24) is 15.2 Å². The number of nitrogens with one attached hydrogen (secondary N) is 1. The zero-order chi connectivity index (χ0) is 20.1. The lowest BCUT2D eigenvalue weighted by molar-refractivity contribution is -0.385. The summed E-state index contributed by atoms with van der Waals surface area (Å²) in [6.07, 6.45) is 2.57. The number of aromatic nitrogens is 2. The van der Waals surface area contributed by atoms with Gasteiger partial charge in [-0.15, -0.1) is 0 Å². The first kappa shape index (κ1) is 19.7. The van der Waals surface area contributed by atoms with Crippen LogP contribution in [0.5, 0.6) is 0 Å². The number of carbonyl (C=O) groups is 1. The number of hydrogen-bond acceptors (Lipinski definition) is 5. The van der Waals surface area contributed by atoms with Crippen LogP contribution in [-0.2, 0) is 6.54 Å². The van der Waals surface area contributed by atoms with Crippen molar-refractivity contribution in [2.24, 2.45) is 5.10 Å². The predicted molar refractivity (Wildman–Crippen MR) is 109 cm³/mol. The average Bonchev–Trinajstić information content (AvgIpc) is 3.07. The number of hydrazone groups is 1. The monoisotopic (exact) mass is 461 g/mol. The van der Waals surface area contributed by atoms with Crippen molar-refractivity contribution in [3.63, 3.8) is 0 Å². The van der Waals surface area contributed by atoms with Gasteiger partial charge in [-0.25, -0.2) is 5.43 Å². The molecule has 0 aliphatic carbocycles. The van der Waals surface area contributed by atoms with Gasteiger partial charge in [0, 0.05) is 15.1 Å². The van der Waals surface area contributed by atoms with Crippen LogP contribution in [0.1, 0.15) is 21.6 Å². The van der Waals surface area contributed by atoms with Gasteiger partial charge in [0.1, 0.15) is 6.20 Å². The highest BCUT2D eigenvalue weighted by Crippen LogP contribution is 2.19. The normalized spacial score (nSPS) is 10.9. The van der Waals surface area contributed by atoms with E-state index >= 15 is 0 Å². The molecule has 0 atom stereocenters. The third-order valence-corrected chi connectivity index (χ3v) is 4.50. The molecular formula is C18H13BrClN5O3. The molecule has 2 aromatic carbocycles. The van der Waals surface area contributed by atoms with Crippen molar-refractivity contribution < 1.29 is 9.72 Å². The minimum Gasteiger partial charge on any atom is -0.265 e. The molecule has 0 saturated heterocycles. The maximum absolute atomic E-state index is 12.3. The fraction of sp³-hybridized carbons (Fsp3) is 0.0556. The summed E-state index contributed by atoms with van der Waals surface area (Å²) < 4.78 is 2.21. The molecule has 10 heteroatoms. The lowest BCUT2D eigenvalue weighted by atomic mass is 10.2. The molecular weight excluding hydrogens is 450 g/mol. The van der Waals surface area contributed by atoms with Gasteiger partial charge in [0.05, 0.1) is 17.7 Å². The van der Waals surface area contributed by atoms with E-state index in [9.17, 15) is 14.9 Å². The Morgan fingerprint density at radius 3 is 2.82 bits per heavy atom. The Balaban J connectivity index is 1.78. The second kappa shape index (κ2) is 8.77. The van der Waals surface area contributed by atoms with Crippen molar-refractivity contribution in [2.75, 3.05) is 0 Å². The number of nitrogens with zero attached hydrogens (tertiary/aromatic N) is 4. The minimum atomic E-state index is -0.789. The smallest absolute Gasteiger partial charge is 0.265 e. The van der Waals surface area contributed by atoms with Gasteiger partial charge in [-0.1, -0.05) is 57.9 Å². The molecule has 0 aliphatic rings. The van der Waals surface area contributed by atoms with E-state index in [2.05, 4.69) is 31.6 Å². The summed E-state index contributed by atoms with van der Waals surface area (Å²) in [5, 5.41) is 19.6. The molecule has 8 nitrogen and oxygen atoms in total. The van der Waals surface area contributed by atoms with Crippen molar-refractivity contribution in [3.05, 3.63) is 91.2 Å². The van der Waals surface area contributed by atoms with E-state index in [0.29, 0.717) is 10.6 Å². The predicted octanol–water partition coefficient (Wildman–Crippen LogP) is 4.02. The van der Waals surface area contributed by atoms with Gasteiger partial charge < -0.3 is 0 Å². The van der Waals surface area contributed by atoms with Crippen LogP contribution in [0.15, 0.2) is 64.3 Å². The lowest BCUT2D eigenvalue weighted by Crippen LogP contribution is -2.19. The van der Waals surface area contributed by atoms with E-state index in [4.69, 9.17) is 11.6 Å². The maximum Gasteiger partial charge on any atom is 0.320 e. The average molecular weight is 463 g/mol. The molecule has 0 spiro atoms. The van der Waals surface area contributed by atoms with Crippen LogP contribution in [-0.4, -0.2) is 26.8 Å². The van der Waals surface area contributed by atoms with Gasteiger partial charge >= 0.3 is 5.69 Å². The summed E-state index contributed by atoms with van der Waals surface area (Å²) in [6.45, 7) is 0.274. The first-order valence-corrected chi connectivity index (χ1v) is 9.15. The summed E-state index contributed by atoms with van der Waals surface area (Å²) in [6, 6.07) is 14.3.